The molecule has 2 heterocycles. The van der Waals surface area contributed by atoms with Crippen molar-refractivity contribution in [3.63, 3.8) is 0 Å². The number of nitrogens with one attached hydrogen (secondary N) is 1. The molecule has 178 valence electrons. The second-order valence-electron chi connectivity index (χ2n) is 7.80. The van der Waals surface area contributed by atoms with Crippen LogP contribution < -0.4 is 20.7 Å². The van der Waals surface area contributed by atoms with Crippen molar-refractivity contribution in [3.8, 4) is 17.1 Å². The lowest BCUT2D eigenvalue weighted by Gasteiger charge is -2.27. The van der Waals surface area contributed by atoms with Crippen LogP contribution in [0, 0.1) is 17.5 Å². The lowest BCUT2D eigenvalue weighted by atomic mass is 10.1. The molecule has 0 bridgehead atoms. The number of aromatic nitrogens is 2. The van der Waals surface area contributed by atoms with Gasteiger partial charge in [0, 0.05) is 18.8 Å². The maximum Gasteiger partial charge on any atom is 0.274 e. The highest BCUT2D eigenvalue weighted by Gasteiger charge is 2.31. The largest absolute Gasteiger partial charge is 0.496 e. The van der Waals surface area contributed by atoms with Crippen LogP contribution in [-0.4, -0.2) is 53.3 Å². The Balaban J connectivity index is 1.67. The Morgan fingerprint density at radius 2 is 2.06 bits per heavy atom. The second-order valence-corrected chi connectivity index (χ2v) is 7.80. The van der Waals surface area contributed by atoms with Gasteiger partial charge in [-0.3, -0.25) is 4.79 Å². The van der Waals surface area contributed by atoms with Crippen molar-refractivity contribution in [2.75, 3.05) is 30.5 Å². The Morgan fingerprint density at radius 1 is 1.26 bits per heavy atom. The number of ether oxygens (including phenoxy) is 1. The van der Waals surface area contributed by atoms with E-state index in [1.54, 1.807) is 4.90 Å². The van der Waals surface area contributed by atoms with Crippen molar-refractivity contribution in [2.24, 2.45) is 5.73 Å². The van der Waals surface area contributed by atoms with Crippen molar-refractivity contribution in [2.45, 2.75) is 18.5 Å². The standard InChI is InChI=1S/C23H22F3N5O3/c1-34-19-5-3-15(25)21(26)20(19)22-28-7-6-16(29-22)23(33)30-17-8-12(24)2-4-18(17)31-10-13(27)9-14(31)11-32/h2-8,13-14,32H,9-11,27H2,1H3,(H,30,33). The number of carbonyl (C=O) groups is 1. The highest BCUT2D eigenvalue weighted by atomic mass is 19.2. The number of rotatable bonds is 6. The minimum Gasteiger partial charge on any atom is -0.496 e. The SMILES string of the molecule is COc1ccc(F)c(F)c1-c1nccc(C(=O)Nc2cc(F)ccc2N2CC(N)CC2CO)n1. The van der Waals surface area contributed by atoms with Crippen LogP contribution in [0.15, 0.2) is 42.6 Å². The van der Waals surface area contributed by atoms with Gasteiger partial charge in [0.1, 0.15) is 17.3 Å². The number of aliphatic hydroxyl groups excluding tert-OH is 1. The van der Waals surface area contributed by atoms with E-state index in [1.807, 2.05) is 0 Å². The number of hydrogen-bond acceptors (Lipinski definition) is 7. The van der Waals surface area contributed by atoms with Gasteiger partial charge >= 0.3 is 0 Å². The van der Waals surface area contributed by atoms with Crippen LogP contribution in [0.2, 0.25) is 0 Å². The van der Waals surface area contributed by atoms with E-state index in [1.165, 1.54) is 37.6 Å². The van der Waals surface area contributed by atoms with E-state index >= 15 is 0 Å². The van der Waals surface area contributed by atoms with Crippen LogP contribution in [-0.2, 0) is 0 Å². The monoisotopic (exact) mass is 473 g/mol. The average molecular weight is 473 g/mol. The fraction of sp³-hybridized carbons (Fsp3) is 0.261. The van der Waals surface area contributed by atoms with Gasteiger partial charge in [-0.25, -0.2) is 23.1 Å². The van der Waals surface area contributed by atoms with Crippen LogP contribution in [0.4, 0.5) is 24.5 Å². The molecule has 4 rings (SSSR count). The van der Waals surface area contributed by atoms with Gasteiger partial charge < -0.3 is 25.8 Å². The summed E-state index contributed by atoms with van der Waals surface area (Å²) in [4.78, 5) is 22.8. The maximum absolute atomic E-state index is 14.5. The van der Waals surface area contributed by atoms with Gasteiger partial charge in [-0.15, -0.1) is 0 Å². The molecule has 0 saturated carbocycles. The Labute approximate surface area is 193 Å². The first kappa shape index (κ1) is 23.5. The number of methoxy groups -OCH3 is 1. The minimum atomic E-state index is -1.22. The molecule has 3 aromatic rings. The maximum atomic E-state index is 14.5. The Hall–Kier alpha value is -3.70. The molecule has 4 N–H and O–H groups in total. The van der Waals surface area contributed by atoms with Crippen molar-refractivity contribution < 1.29 is 27.8 Å². The van der Waals surface area contributed by atoms with Crippen LogP contribution in [0.1, 0.15) is 16.9 Å². The first-order valence-electron chi connectivity index (χ1n) is 10.4. The van der Waals surface area contributed by atoms with Gasteiger partial charge in [0.25, 0.3) is 5.91 Å². The molecule has 34 heavy (non-hydrogen) atoms. The second kappa shape index (κ2) is 9.65. The highest BCUT2D eigenvalue weighted by Crippen LogP contribution is 2.34. The van der Waals surface area contributed by atoms with E-state index in [0.29, 0.717) is 18.7 Å². The van der Waals surface area contributed by atoms with Crippen LogP contribution in [0.5, 0.6) is 5.75 Å². The van der Waals surface area contributed by atoms with Gasteiger partial charge in [0.05, 0.1) is 36.7 Å². The molecule has 1 saturated heterocycles. The molecule has 0 radical (unpaired) electrons. The summed E-state index contributed by atoms with van der Waals surface area (Å²) in [6, 6.07) is 6.81. The molecule has 0 spiro atoms. The molecule has 11 heteroatoms. The quantitative estimate of drug-likeness (QED) is 0.505. The summed E-state index contributed by atoms with van der Waals surface area (Å²) in [5.41, 5.74) is 6.15. The third kappa shape index (κ3) is 4.52. The van der Waals surface area contributed by atoms with Gasteiger partial charge in [-0.2, -0.15) is 0 Å². The van der Waals surface area contributed by atoms with Gasteiger partial charge in [0.15, 0.2) is 17.5 Å². The van der Waals surface area contributed by atoms with Gasteiger partial charge in [-0.05, 0) is 42.8 Å². The zero-order valence-corrected chi connectivity index (χ0v) is 18.1. The molecule has 1 aliphatic heterocycles. The molecular formula is C23H22F3N5O3. The molecule has 1 fully saturated rings. The number of amides is 1. The molecule has 2 unspecified atom stereocenters. The van der Waals surface area contributed by atoms with Crippen molar-refractivity contribution in [1.82, 2.24) is 9.97 Å². The Kier molecular flexibility index (Phi) is 6.66. The van der Waals surface area contributed by atoms with E-state index in [9.17, 15) is 23.1 Å². The summed E-state index contributed by atoms with van der Waals surface area (Å²) in [5.74, 6) is -3.92. The van der Waals surface area contributed by atoms with Crippen molar-refractivity contribution in [3.05, 3.63) is 65.7 Å². The summed E-state index contributed by atoms with van der Waals surface area (Å²) < 4.78 is 47.4. The summed E-state index contributed by atoms with van der Waals surface area (Å²) >= 11 is 0. The number of carbonyl (C=O) groups excluding carboxylic acids is 1. The first-order chi connectivity index (χ1) is 16.3. The Bertz CT molecular complexity index is 1230. The van der Waals surface area contributed by atoms with E-state index < -0.39 is 23.4 Å². The number of aliphatic hydroxyl groups is 1. The van der Waals surface area contributed by atoms with Crippen LogP contribution in [0.3, 0.4) is 0 Å². The van der Waals surface area contributed by atoms with Gasteiger partial charge in [-0.1, -0.05) is 0 Å². The van der Waals surface area contributed by atoms with E-state index in [4.69, 9.17) is 10.5 Å². The predicted octanol–water partition coefficient (Wildman–Crippen LogP) is 2.72. The third-order valence-corrected chi connectivity index (χ3v) is 5.56. The number of nitrogens with zero attached hydrogens (tertiary/aromatic N) is 3. The zero-order chi connectivity index (χ0) is 24.4. The summed E-state index contributed by atoms with van der Waals surface area (Å²) in [6.45, 7) is 0.255. The van der Waals surface area contributed by atoms with Crippen molar-refractivity contribution in [1.29, 1.82) is 0 Å². The molecule has 0 aliphatic carbocycles. The predicted molar refractivity (Wildman–Crippen MR) is 119 cm³/mol. The lowest BCUT2D eigenvalue weighted by Crippen LogP contribution is -2.33. The lowest BCUT2D eigenvalue weighted by molar-refractivity contribution is 0.102. The summed E-state index contributed by atoms with van der Waals surface area (Å²) in [7, 11) is 1.28. The Morgan fingerprint density at radius 3 is 2.79 bits per heavy atom. The van der Waals surface area contributed by atoms with E-state index in [2.05, 4.69) is 15.3 Å². The summed E-state index contributed by atoms with van der Waals surface area (Å²) in [6.07, 6.45) is 1.76. The number of anilines is 2. The number of hydrogen-bond donors (Lipinski definition) is 3. The van der Waals surface area contributed by atoms with Crippen LogP contribution in [0.25, 0.3) is 11.4 Å². The number of halogens is 3. The highest BCUT2D eigenvalue weighted by molar-refractivity contribution is 6.05. The topological polar surface area (TPSA) is 114 Å². The molecule has 2 aromatic carbocycles. The molecule has 1 amide bonds. The minimum absolute atomic E-state index is 0.00991. The molecule has 1 aromatic heterocycles. The fourth-order valence-electron chi connectivity index (χ4n) is 3.98. The number of benzene rings is 2. The number of nitrogens with two attached hydrogens (primary N) is 1. The third-order valence-electron chi connectivity index (χ3n) is 5.56. The first-order valence-corrected chi connectivity index (χ1v) is 10.4. The van der Waals surface area contributed by atoms with Crippen molar-refractivity contribution >= 4 is 17.3 Å². The van der Waals surface area contributed by atoms with Crippen LogP contribution >= 0.6 is 0 Å². The zero-order valence-electron chi connectivity index (χ0n) is 18.1. The summed E-state index contributed by atoms with van der Waals surface area (Å²) in [5, 5.41) is 12.3. The van der Waals surface area contributed by atoms with Gasteiger partial charge in [0.2, 0.25) is 0 Å². The molecule has 2 atom stereocenters. The molecular weight excluding hydrogens is 451 g/mol. The fourth-order valence-corrected chi connectivity index (χ4v) is 3.98. The molecule has 1 aliphatic rings. The molecule has 8 nitrogen and oxygen atoms in total. The van der Waals surface area contributed by atoms with E-state index in [-0.39, 0.29) is 47.2 Å². The normalized spacial score (nSPS) is 17.6. The smallest absolute Gasteiger partial charge is 0.274 e. The average Bonchev–Trinajstić information content (AvgIpc) is 3.21. The van der Waals surface area contributed by atoms with E-state index in [0.717, 1.165) is 12.1 Å².